The minimum atomic E-state index is -0.825. The lowest BCUT2D eigenvalue weighted by molar-refractivity contribution is -0.109. The number of rotatable bonds is 12. The summed E-state index contributed by atoms with van der Waals surface area (Å²) < 4.78 is 18.5. The molecule has 0 saturated carbocycles. The molecule has 1 aromatic heterocycles. The number of nitrogens with zero attached hydrogens (tertiary/aromatic N) is 2. The molecule has 10 nitrogen and oxygen atoms in total. The number of hydrazone groups is 1. The van der Waals surface area contributed by atoms with Gasteiger partial charge in [0, 0.05) is 37.9 Å². The molecule has 1 rings (SSSR count). The molecule has 0 spiro atoms. The number of nitrogens with two attached hydrogens (primary N) is 2. The number of carbonyl (C=O) groups is 1. The van der Waals surface area contributed by atoms with Gasteiger partial charge < -0.3 is 32.3 Å². The second kappa shape index (κ2) is 12.0. The van der Waals surface area contributed by atoms with E-state index in [0.717, 1.165) is 6.20 Å². The Labute approximate surface area is 171 Å². The van der Waals surface area contributed by atoms with Crippen LogP contribution in [-0.2, 0) is 16.0 Å². The summed E-state index contributed by atoms with van der Waals surface area (Å²) in [4.78, 5) is 15.5. The lowest BCUT2D eigenvalue weighted by atomic mass is 10.1. The van der Waals surface area contributed by atoms with Gasteiger partial charge in [-0.2, -0.15) is 5.10 Å². The molecule has 0 aliphatic heterocycles. The highest BCUT2D eigenvalue weighted by Crippen LogP contribution is 2.30. The first kappa shape index (κ1) is 23.5. The number of anilines is 1. The summed E-state index contributed by atoms with van der Waals surface area (Å²) in [5, 5.41) is 22.9. The molecule has 1 amide bonds. The first-order valence-corrected chi connectivity index (χ1v) is 9.02. The van der Waals surface area contributed by atoms with Gasteiger partial charge in [0.1, 0.15) is 10.8 Å². The quantitative estimate of drug-likeness (QED) is 0.129. The Morgan fingerprint density at radius 2 is 2.07 bits per heavy atom. The van der Waals surface area contributed by atoms with E-state index in [2.05, 4.69) is 20.8 Å². The number of allylic oxidation sites excluding steroid dienone is 4. The summed E-state index contributed by atoms with van der Waals surface area (Å²) in [5.41, 5.74) is 13.1. The summed E-state index contributed by atoms with van der Waals surface area (Å²) in [7, 11) is 3.07. The summed E-state index contributed by atoms with van der Waals surface area (Å²) >= 11 is 1.21. The van der Waals surface area contributed by atoms with E-state index in [0.29, 0.717) is 27.7 Å². The van der Waals surface area contributed by atoms with Gasteiger partial charge in [-0.3, -0.25) is 4.79 Å². The predicted octanol–water partition coefficient (Wildman–Crippen LogP) is 1.49. The number of amides is 1. The molecular formula is C17H23FN8O2S. The van der Waals surface area contributed by atoms with E-state index < -0.39 is 5.83 Å². The number of thiazole rings is 1. The van der Waals surface area contributed by atoms with E-state index in [1.165, 1.54) is 30.9 Å². The lowest BCUT2D eigenvalue weighted by Crippen LogP contribution is -2.06. The molecule has 29 heavy (non-hydrogen) atoms. The Morgan fingerprint density at radius 3 is 2.62 bits per heavy atom. The van der Waals surface area contributed by atoms with Gasteiger partial charge in [0.15, 0.2) is 11.6 Å². The van der Waals surface area contributed by atoms with Crippen molar-refractivity contribution < 1.29 is 13.9 Å². The van der Waals surface area contributed by atoms with Gasteiger partial charge >= 0.3 is 0 Å². The molecule has 0 unspecified atom stereocenters. The van der Waals surface area contributed by atoms with E-state index in [-0.39, 0.29) is 30.0 Å². The van der Waals surface area contributed by atoms with E-state index in [4.69, 9.17) is 27.0 Å². The maximum atomic E-state index is 13.5. The molecule has 0 aromatic carbocycles. The van der Waals surface area contributed by atoms with Crippen molar-refractivity contribution in [1.29, 1.82) is 10.8 Å². The van der Waals surface area contributed by atoms with Gasteiger partial charge in [-0.1, -0.05) is 6.08 Å². The smallest absolute Gasteiger partial charge is 0.227 e. The molecular weight excluding hydrogens is 399 g/mol. The topological polar surface area (TPSA) is 175 Å². The number of hydrogen-bond donors (Lipinski definition) is 6. The molecule has 1 aromatic rings. The van der Waals surface area contributed by atoms with Gasteiger partial charge in [0.2, 0.25) is 6.41 Å². The number of nitrogens with one attached hydrogen (secondary N) is 4. The highest BCUT2D eigenvalue weighted by Gasteiger charge is 2.16. The average Bonchev–Trinajstić information content (AvgIpc) is 3.13. The van der Waals surface area contributed by atoms with Crippen LogP contribution in [0.3, 0.4) is 0 Å². The second-order valence-corrected chi connectivity index (χ2v) is 6.37. The van der Waals surface area contributed by atoms with Crippen LogP contribution in [0.25, 0.3) is 5.57 Å². The minimum Gasteiger partial charge on any atom is -0.493 e. The number of hydrogen-bond acceptors (Lipinski definition) is 10. The Kier molecular flexibility index (Phi) is 9.74. The van der Waals surface area contributed by atoms with Crippen molar-refractivity contribution in [3.63, 3.8) is 0 Å². The van der Waals surface area contributed by atoms with Crippen molar-refractivity contribution in [2.24, 2.45) is 16.6 Å². The van der Waals surface area contributed by atoms with Crippen molar-refractivity contribution >= 4 is 46.8 Å². The third-order valence-corrected chi connectivity index (χ3v) is 4.56. The summed E-state index contributed by atoms with van der Waals surface area (Å²) in [6.07, 6.45) is 5.52. The zero-order valence-corrected chi connectivity index (χ0v) is 16.8. The Morgan fingerprint density at radius 1 is 1.34 bits per heavy atom. The van der Waals surface area contributed by atoms with Crippen LogP contribution < -0.4 is 22.2 Å². The van der Waals surface area contributed by atoms with Crippen LogP contribution in [0.2, 0.25) is 0 Å². The molecule has 0 saturated heterocycles. The molecule has 0 atom stereocenters. The van der Waals surface area contributed by atoms with Crippen LogP contribution in [0.15, 0.2) is 35.2 Å². The SMILES string of the molecule is CNc1nc(CC(=N)/C(F)=C\N)sc1C(/C=N\NC=O)=C/CC(=N)/C(=C\N)OC. The normalized spacial score (nSPS) is 12.7. The van der Waals surface area contributed by atoms with Crippen molar-refractivity contribution in [2.75, 3.05) is 19.5 Å². The number of halogens is 1. The zero-order valence-electron chi connectivity index (χ0n) is 16.0. The van der Waals surface area contributed by atoms with Crippen LogP contribution in [0, 0.1) is 10.8 Å². The largest absolute Gasteiger partial charge is 0.493 e. The van der Waals surface area contributed by atoms with Crippen LogP contribution in [0.5, 0.6) is 0 Å². The van der Waals surface area contributed by atoms with E-state index in [1.54, 1.807) is 13.1 Å². The standard InChI is InChI=1S/C17H23FN8O2S/c1-23-17-16(29-15(26-17)5-13(22)11(18)6-19)10(8-24-25-9-27)3-4-12(21)14(7-20)28-2/h3,6-9,21-23H,4-5,19-20H2,1-2H3,(H,25,27)/b10-3+,11-6+,14-7+,21-12?,22-13?,24-8-. The summed E-state index contributed by atoms with van der Waals surface area (Å²) in [6, 6.07) is 0. The first-order valence-electron chi connectivity index (χ1n) is 8.20. The molecule has 0 aliphatic carbocycles. The highest BCUT2D eigenvalue weighted by molar-refractivity contribution is 7.13. The maximum absolute atomic E-state index is 13.5. The van der Waals surface area contributed by atoms with Gasteiger partial charge in [-0.15, -0.1) is 11.3 Å². The van der Waals surface area contributed by atoms with Crippen molar-refractivity contribution in [1.82, 2.24) is 10.4 Å². The van der Waals surface area contributed by atoms with Crippen LogP contribution >= 0.6 is 11.3 Å². The van der Waals surface area contributed by atoms with Crippen LogP contribution in [-0.4, -0.2) is 43.2 Å². The molecule has 0 radical (unpaired) electrons. The summed E-state index contributed by atoms with van der Waals surface area (Å²) in [6.45, 7) is 0. The van der Waals surface area contributed by atoms with Gasteiger partial charge in [-0.25, -0.2) is 14.8 Å². The fourth-order valence-electron chi connectivity index (χ4n) is 2.09. The molecule has 0 fully saturated rings. The highest BCUT2D eigenvalue weighted by atomic mass is 32.1. The van der Waals surface area contributed by atoms with Gasteiger partial charge in [0.25, 0.3) is 0 Å². The van der Waals surface area contributed by atoms with Crippen LogP contribution in [0.4, 0.5) is 10.2 Å². The monoisotopic (exact) mass is 422 g/mol. The van der Waals surface area contributed by atoms with Crippen molar-refractivity contribution in [3.05, 3.63) is 39.9 Å². The van der Waals surface area contributed by atoms with Crippen molar-refractivity contribution in [2.45, 2.75) is 12.8 Å². The molecule has 12 heteroatoms. The molecule has 0 aliphatic rings. The Balaban J connectivity index is 3.27. The fourth-order valence-corrected chi connectivity index (χ4v) is 3.17. The molecule has 0 bridgehead atoms. The number of methoxy groups -OCH3 is 1. The second-order valence-electron chi connectivity index (χ2n) is 5.29. The van der Waals surface area contributed by atoms with E-state index in [9.17, 15) is 9.18 Å². The van der Waals surface area contributed by atoms with Crippen LogP contribution in [0.1, 0.15) is 16.3 Å². The fraction of sp³-hybridized carbons (Fsp3) is 0.235. The third kappa shape index (κ3) is 6.84. The first-order chi connectivity index (χ1) is 13.9. The van der Waals surface area contributed by atoms with Gasteiger partial charge in [-0.05, 0) is 0 Å². The van der Waals surface area contributed by atoms with E-state index in [1.807, 2.05) is 0 Å². The van der Waals surface area contributed by atoms with Gasteiger partial charge in [0.05, 0.1) is 29.6 Å². The average molecular weight is 422 g/mol. The number of aromatic nitrogens is 1. The summed E-state index contributed by atoms with van der Waals surface area (Å²) in [5.74, 6) is -0.124. The zero-order chi connectivity index (χ0) is 21.8. The molecule has 8 N–H and O–H groups in total. The maximum Gasteiger partial charge on any atom is 0.227 e. The number of carbonyl (C=O) groups excluding carboxylic acids is 1. The van der Waals surface area contributed by atoms with E-state index >= 15 is 0 Å². The van der Waals surface area contributed by atoms with Crippen molar-refractivity contribution in [3.8, 4) is 0 Å². The lowest BCUT2D eigenvalue weighted by Gasteiger charge is -2.06. The number of ether oxygens (including phenoxy) is 1. The Hall–Kier alpha value is -3.54. The minimum absolute atomic E-state index is 0.0462. The Bertz CT molecular complexity index is 873. The molecule has 156 valence electrons. The third-order valence-electron chi connectivity index (χ3n) is 3.46. The molecule has 1 heterocycles. The predicted molar refractivity (Wildman–Crippen MR) is 114 cm³/mol.